The molecule has 2 aliphatic rings. The van der Waals surface area contributed by atoms with Gasteiger partial charge in [-0.05, 0) is 45.4 Å². The van der Waals surface area contributed by atoms with Crippen LogP contribution in [0.25, 0.3) is 0 Å². The van der Waals surface area contributed by atoms with Crippen LogP contribution in [0.1, 0.15) is 32.8 Å². The molecule has 1 N–H and O–H groups in total. The first kappa shape index (κ1) is 22.0. The van der Waals surface area contributed by atoms with Crippen molar-refractivity contribution in [3.8, 4) is 0 Å². The second kappa shape index (κ2) is 7.51. The molecule has 2 fully saturated rings. The van der Waals surface area contributed by atoms with Crippen LogP contribution in [0, 0.1) is 5.82 Å². The Balaban J connectivity index is 2.15. The van der Waals surface area contributed by atoms with Crippen LogP contribution in [0.15, 0.2) is 27.7 Å². The van der Waals surface area contributed by atoms with Gasteiger partial charge in [0.05, 0.1) is 12.1 Å². The molecule has 0 bridgehead atoms. The number of sulfonamides is 1. The number of ether oxygens (including phenoxy) is 2. The number of hydrogen-bond acceptors (Lipinski definition) is 5. The van der Waals surface area contributed by atoms with Crippen LogP contribution >= 0.6 is 15.9 Å². The van der Waals surface area contributed by atoms with Gasteiger partial charge in [0.1, 0.15) is 16.7 Å². The Morgan fingerprint density at radius 1 is 1.45 bits per heavy atom. The second-order valence-electron chi connectivity index (χ2n) is 7.96. The van der Waals surface area contributed by atoms with Crippen molar-refractivity contribution in [1.29, 1.82) is 0 Å². The maximum atomic E-state index is 14.8. The summed E-state index contributed by atoms with van der Waals surface area (Å²) in [5.74, 6) is -0.791. The zero-order valence-electron chi connectivity index (χ0n) is 16.5. The number of aliphatic imine (C=N–C) groups is 1. The van der Waals surface area contributed by atoms with E-state index in [1.54, 1.807) is 20.8 Å². The van der Waals surface area contributed by atoms with Crippen LogP contribution < -0.4 is 5.32 Å². The van der Waals surface area contributed by atoms with Crippen molar-refractivity contribution < 1.29 is 27.1 Å². The zero-order chi connectivity index (χ0) is 21.6. The molecule has 1 amide bonds. The fourth-order valence-corrected chi connectivity index (χ4v) is 5.63. The molecule has 1 unspecified atom stereocenters. The summed E-state index contributed by atoms with van der Waals surface area (Å²) in [6.07, 6.45) is -0.775. The SMILES string of the molecule is CN1/C(=N/C(=O)OC(C)(C)C)N[C@@]2(c3cc(Br)ccc3F)CCOCC2S1(=O)=O. The van der Waals surface area contributed by atoms with Gasteiger partial charge in [-0.3, -0.25) is 0 Å². The van der Waals surface area contributed by atoms with Crippen LogP contribution in [0.4, 0.5) is 9.18 Å². The largest absolute Gasteiger partial charge is 0.442 e. The minimum Gasteiger partial charge on any atom is -0.442 e. The quantitative estimate of drug-likeness (QED) is 0.648. The van der Waals surface area contributed by atoms with E-state index in [1.807, 2.05) is 0 Å². The molecule has 8 nitrogen and oxygen atoms in total. The number of hydrogen-bond donors (Lipinski definition) is 1. The Morgan fingerprint density at radius 3 is 2.79 bits per heavy atom. The third-order valence-electron chi connectivity index (χ3n) is 4.83. The van der Waals surface area contributed by atoms with Crippen molar-refractivity contribution in [1.82, 2.24) is 9.62 Å². The molecule has 3 rings (SSSR count). The van der Waals surface area contributed by atoms with Gasteiger partial charge in [-0.15, -0.1) is 4.99 Å². The Hall–Kier alpha value is -1.72. The molecule has 2 atom stereocenters. The van der Waals surface area contributed by atoms with Crippen LogP contribution in [-0.2, 0) is 25.0 Å². The van der Waals surface area contributed by atoms with E-state index < -0.39 is 38.3 Å². The summed E-state index contributed by atoms with van der Waals surface area (Å²) in [6.45, 7) is 5.12. The van der Waals surface area contributed by atoms with E-state index >= 15 is 0 Å². The Kier molecular flexibility index (Phi) is 5.69. The number of nitrogens with one attached hydrogen (secondary N) is 1. The standard InChI is InChI=1S/C18H23BrFN3O5S/c1-17(2,3)28-16(24)21-15-22-18(12-9-11(19)5-6-13(12)20)7-8-27-10-14(18)29(25,26)23(15)4/h5-6,9,14H,7-8,10H2,1-4H3,(H,21,22,24)/t14?,18-/m1/s1. The highest BCUT2D eigenvalue weighted by Crippen LogP contribution is 2.42. The van der Waals surface area contributed by atoms with Gasteiger partial charge in [0.2, 0.25) is 16.0 Å². The highest BCUT2D eigenvalue weighted by molar-refractivity contribution is 9.10. The smallest absolute Gasteiger partial charge is 0.437 e. The summed E-state index contributed by atoms with van der Waals surface area (Å²) in [6, 6.07) is 4.33. The van der Waals surface area contributed by atoms with Crippen molar-refractivity contribution in [2.24, 2.45) is 4.99 Å². The maximum absolute atomic E-state index is 14.8. The number of carbonyl (C=O) groups is 1. The number of halogens is 2. The van der Waals surface area contributed by atoms with E-state index in [9.17, 15) is 17.6 Å². The molecular weight excluding hydrogens is 469 g/mol. The molecule has 1 aromatic carbocycles. The van der Waals surface area contributed by atoms with Crippen LogP contribution in [0.5, 0.6) is 0 Å². The van der Waals surface area contributed by atoms with Crippen molar-refractivity contribution in [3.63, 3.8) is 0 Å². The molecule has 11 heteroatoms. The summed E-state index contributed by atoms with van der Waals surface area (Å²) in [7, 11) is -2.73. The van der Waals surface area contributed by atoms with Gasteiger partial charge in [-0.1, -0.05) is 15.9 Å². The average molecular weight is 492 g/mol. The van der Waals surface area contributed by atoms with Crippen molar-refractivity contribution >= 4 is 38.0 Å². The van der Waals surface area contributed by atoms with E-state index in [1.165, 1.54) is 25.2 Å². The van der Waals surface area contributed by atoms with Gasteiger partial charge in [0.25, 0.3) is 0 Å². The highest BCUT2D eigenvalue weighted by atomic mass is 79.9. The monoisotopic (exact) mass is 491 g/mol. The fraction of sp³-hybridized carbons (Fsp3) is 0.556. The normalized spacial score (nSPS) is 27.9. The third-order valence-corrected chi connectivity index (χ3v) is 7.52. The van der Waals surface area contributed by atoms with Crippen molar-refractivity contribution in [2.45, 2.75) is 43.6 Å². The molecule has 0 aliphatic carbocycles. The molecule has 0 radical (unpaired) electrons. The fourth-order valence-electron chi connectivity index (χ4n) is 3.48. The van der Waals surface area contributed by atoms with Crippen molar-refractivity contribution in [2.75, 3.05) is 20.3 Å². The number of benzene rings is 1. The van der Waals surface area contributed by atoms with Gasteiger partial charge in [-0.2, -0.15) is 0 Å². The van der Waals surface area contributed by atoms with E-state index in [0.717, 1.165) is 4.31 Å². The molecule has 1 aromatic rings. The minimum atomic E-state index is -4.01. The van der Waals surface area contributed by atoms with E-state index in [0.29, 0.717) is 4.47 Å². The third kappa shape index (κ3) is 4.13. The molecule has 160 valence electrons. The Morgan fingerprint density at radius 2 is 2.14 bits per heavy atom. The lowest BCUT2D eigenvalue weighted by Gasteiger charge is -2.50. The number of rotatable bonds is 1. The Bertz CT molecular complexity index is 963. The number of fused-ring (bicyclic) bond motifs is 1. The summed E-state index contributed by atoms with van der Waals surface area (Å²) in [5.41, 5.74) is -1.99. The second-order valence-corrected chi connectivity index (χ2v) is 11.0. The highest BCUT2D eigenvalue weighted by Gasteiger charge is 2.57. The summed E-state index contributed by atoms with van der Waals surface area (Å²) < 4.78 is 53.4. The van der Waals surface area contributed by atoms with Gasteiger partial charge in [0, 0.05) is 23.7 Å². The molecule has 2 aliphatic heterocycles. The first-order chi connectivity index (χ1) is 13.4. The van der Waals surface area contributed by atoms with Gasteiger partial charge < -0.3 is 14.8 Å². The van der Waals surface area contributed by atoms with E-state index in [-0.39, 0.29) is 31.2 Å². The van der Waals surface area contributed by atoms with Crippen LogP contribution in [0.2, 0.25) is 0 Å². The van der Waals surface area contributed by atoms with Crippen LogP contribution in [0.3, 0.4) is 0 Å². The minimum absolute atomic E-state index is 0.120. The van der Waals surface area contributed by atoms with Crippen LogP contribution in [-0.4, -0.2) is 55.9 Å². The maximum Gasteiger partial charge on any atom is 0.437 e. The Labute approximate surface area is 177 Å². The molecule has 0 spiro atoms. The van der Waals surface area contributed by atoms with Crippen molar-refractivity contribution in [3.05, 3.63) is 34.1 Å². The molecule has 2 heterocycles. The summed E-state index contributed by atoms with van der Waals surface area (Å²) in [5, 5.41) is 1.93. The predicted molar refractivity (Wildman–Crippen MR) is 108 cm³/mol. The van der Waals surface area contributed by atoms with E-state index in [4.69, 9.17) is 9.47 Å². The molecule has 2 saturated heterocycles. The van der Waals surface area contributed by atoms with Gasteiger partial charge in [0.15, 0.2) is 0 Å². The molecule has 29 heavy (non-hydrogen) atoms. The number of guanidine groups is 1. The topological polar surface area (TPSA) is 97.3 Å². The number of carbonyl (C=O) groups excluding carboxylic acids is 1. The number of nitrogens with zero attached hydrogens (tertiary/aromatic N) is 2. The van der Waals surface area contributed by atoms with Gasteiger partial charge in [-0.25, -0.2) is 21.9 Å². The predicted octanol–water partition coefficient (Wildman–Crippen LogP) is 2.73. The molecule has 0 saturated carbocycles. The zero-order valence-corrected chi connectivity index (χ0v) is 18.9. The first-order valence-corrected chi connectivity index (χ1v) is 11.3. The lowest BCUT2D eigenvalue weighted by atomic mass is 9.81. The average Bonchev–Trinajstić information content (AvgIpc) is 2.60. The summed E-state index contributed by atoms with van der Waals surface area (Å²) in [4.78, 5) is 16.1. The van der Waals surface area contributed by atoms with E-state index in [2.05, 4.69) is 26.2 Å². The lowest BCUT2D eigenvalue weighted by Crippen LogP contribution is -2.70. The molecular formula is C18H23BrFN3O5S. The first-order valence-electron chi connectivity index (χ1n) is 8.98. The lowest BCUT2D eigenvalue weighted by molar-refractivity contribution is 0.0413. The van der Waals surface area contributed by atoms with Gasteiger partial charge >= 0.3 is 6.09 Å². The summed E-state index contributed by atoms with van der Waals surface area (Å²) >= 11 is 3.32. The molecule has 0 aromatic heterocycles. The number of amides is 1.